The molecule has 1 aromatic carbocycles. The van der Waals surface area contributed by atoms with Gasteiger partial charge in [-0.2, -0.15) is 13.2 Å². The molecule has 0 aliphatic heterocycles. The van der Waals surface area contributed by atoms with E-state index in [1.165, 1.54) is 19.3 Å². The molecule has 2 aromatic heterocycles. The number of aromatic amines is 1. The minimum Gasteiger partial charge on any atom is -0.352 e. The number of aromatic nitrogens is 4. The molecule has 2 aliphatic rings. The Balaban J connectivity index is 0.000000354. The summed E-state index contributed by atoms with van der Waals surface area (Å²) in [6.07, 6.45) is -0.755. The summed E-state index contributed by atoms with van der Waals surface area (Å²) in [5.41, 5.74) is 1.48. The number of halogens is 5. The van der Waals surface area contributed by atoms with E-state index in [1.807, 2.05) is 6.07 Å². The van der Waals surface area contributed by atoms with Crippen molar-refractivity contribution in [3.05, 3.63) is 41.0 Å². The lowest BCUT2D eigenvalue weighted by atomic mass is 9.96. The summed E-state index contributed by atoms with van der Waals surface area (Å²) >= 11 is 0. The van der Waals surface area contributed by atoms with Crippen LogP contribution >= 0.6 is 0 Å². The summed E-state index contributed by atoms with van der Waals surface area (Å²) in [6, 6.07) is 5.39. The zero-order valence-corrected chi connectivity index (χ0v) is 23.2. The van der Waals surface area contributed by atoms with E-state index >= 15 is 0 Å². The predicted octanol–water partition coefficient (Wildman–Crippen LogP) is 6.18. The molecule has 0 radical (unpaired) electrons. The third-order valence-electron chi connectivity index (χ3n) is 5.99. The number of imidazole rings is 1. The van der Waals surface area contributed by atoms with Crippen molar-refractivity contribution in [3.63, 3.8) is 0 Å². The lowest BCUT2D eigenvalue weighted by Crippen LogP contribution is -2.28. The van der Waals surface area contributed by atoms with Gasteiger partial charge in [0.15, 0.2) is 5.69 Å². The monoisotopic (exact) mass is 586 g/mol. The fourth-order valence-electron chi connectivity index (χ4n) is 3.06. The van der Waals surface area contributed by atoms with Crippen molar-refractivity contribution in [1.82, 2.24) is 30.9 Å². The number of H-pyrrole nitrogens is 1. The average Bonchev–Trinajstić information content (AvgIpc) is 3.84. The van der Waals surface area contributed by atoms with Gasteiger partial charge >= 0.3 is 6.18 Å². The number of nitrogens with zero attached hydrogens (tertiary/aromatic N) is 3. The van der Waals surface area contributed by atoms with Crippen molar-refractivity contribution in [3.8, 4) is 0 Å². The highest BCUT2D eigenvalue weighted by Crippen LogP contribution is 2.40. The van der Waals surface area contributed by atoms with Gasteiger partial charge < -0.3 is 15.6 Å². The SMILES string of the molecule is C1CC1.CC(C)(C)C(F)(F)F.O=C(CCC(F)F)NCc1ccc2nc(CNC(=O)c3nonc3C3CC3)[nH]c2c1. The molecule has 0 bridgehead atoms. The Kier molecular flexibility index (Phi) is 10.8. The Bertz CT molecular complexity index is 1280. The normalized spacial score (nSPS) is 14.6. The summed E-state index contributed by atoms with van der Waals surface area (Å²) in [4.78, 5) is 31.5. The lowest BCUT2D eigenvalue weighted by Gasteiger charge is -2.21. The molecule has 2 saturated carbocycles. The van der Waals surface area contributed by atoms with Gasteiger partial charge in [-0.15, -0.1) is 0 Å². The Hall–Kier alpha value is -3.58. The zero-order valence-electron chi connectivity index (χ0n) is 23.2. The molecule has 14 heteroatoms. The number of carbonyl (C=O) groups is 2. The second kappa shape index (κ2) is 13.9. The average molecular weight is 587 g/mol. The van der Waals surface area contributed by atoms with E-state index in [0.717, 1.165) is 44.7 Å². The first-order valence-electron chi connectivity index (χ1n) is 13.4. The van der Waals surface area contributed by atoms with Crippen LogP contribution in [0.1, 0.15) is 99.2 Å². The Morgan fingerprint density at radius 1 is 1.05 bits per heavy atom. The maximum absolute atomic E-state index is 12.3. The van der Waals surface area contributed by atoms with Gasteiger partial charge in [0.1, 0.15) is 11.5 Å². The molecule has 9 nitrogen and oxygen atoms in total. The number of alkyl halides is 5. The van der Waals surface area contributed by atoms with Crippen molar-refractivity contribution >= 4 is 22.8 Å². The summed E-state index contributed by atoms with van der Waals surface area (Å²) in [6.45, 7) is 3.84. The third kappa shape index (κ3) is 10.7. The van der Waals surface area contributed by atoms with Gasteiger partial charge in [-0.05, 0) is 35.7 Å². The van der Waals surface area contributed by atoms with E-state index in [4.69, 9.17) is 4.63 Å². The van der Waals surface area contributed by atoms with Crippen molar-refractivity contribution in [1.29, 1.82) is 0 Å². The van der Waals surface area contributed by atoms with Gasteiger partial charge in [-0.1, -0.05) is 51.3 Å². The number of amides is 2. The van der Waals surface area contributed by atoms with Crippen LogP contribution in [0.3, 0.4) is 0 Å². The third-order valence-corrected chi connectivity index (χ3v) is 5.99. The van der Waals surface area contributed by atoms with E-state index in [0.29, 0.717) is 17.0 Å². The Labute approximate surface area is 234 Å². The second-order valence-electron chi connectivity index (χ2n) is 11.0. The summed E-state index contributed by atoms with van der Waals surface area (Å²) in [5.74, 6) is 0.0144. The van der Waals surface area contributed by atoms with Crippen LogP contribution in [0.2, 0.25) is 0 Å². The van der Waals surface area contributed by atoms with Gasteiger partial charge in [0.25, 0.3) is 5.91 Å². The molecule has 0 saturated heterocycles. The summed E-state index contributed by atoms with van der Waals surface area (Å²) < 4.78 is 63.7. The van der Waals surface area contributed by atoms with Crippen LogP contribution in [-0.2, 0) is 17.9 Å². The minimum atomic E-state index is -4.06. The molecule has 41 heavy (non-hydrogen) atoms. The first-order chi connectivity index (χ1) is 19.2. The maximum atomic E-state index is 12.3. The number of carbonyl (C=O) groups excluding carboxylic acids is 2. The number of nitrogens with one attached hydrogen (secondary N) is 3. The highest BCUT2D eigenvalue weighted by atomic mass is 19.4. The number of hydrogen-bond acceptors (Lipinski definition) is 6. The molecular weight excluding hydrogens is 551 g/mol. The topological polar surface area (TPSA) is 126 Å². The van der Waals surface area contributed by atoms with Crippen LogP contribution in [-0.4, -0.2) is 44.7 Å². The van der Waals surface area contributed by atoms with Gasteiger partial charge in [0.2, 0.25) is 12.3 Å². The molecule has 2 aliphatic carbocycles. The molecule has 5 rings (SSSR count). The van der Waals surface area contributed by atoms with E-state index < -0.39 is 30.3 Å². The van der Waals surface area contributed by atoms with Gasteiger partial charge in [-0.25, -0.2) is 18.4 Å². The van der Waals surface area contributed by atoms with Crippen LogP contribution in [0.15, 0.2) is 22.8 Å². The van der Waals surface area contributed by atoms with E-state index in [1.54, 1.807) is 12.1 Å². The first kappa shape index (κ1) is 31.9. The summed E-state index contributed by atoms with van der Waals surface area (Å²) in [5, 5.41) is 12.9. The molecule has 226 valence electrons. The predicted molar refractivity (Wildman–Crippen MR) is 140 cm³/mol. The molecule has 3 N–H and O–H groups in total. The van der Waals surface area contributed by atoms with E-state index in [-0.39, 0.29) is 37.0 Å². The van der Waals surface area contributed by atoms with Crippen LogP contribution in [0.4, 0.5) is 22.0 Å². The fraction of sp³-hybridized carbons (Fsp3) is 0.593. The van der Waals surface area contributed by atoms with Crippen LogP contribution < -0.4 is 10.6 Å². The molecule has 0 unspecified atom stereocenters. The molecule has 2 heterocycles. The van der Waals surface area contributed by atoms with Crippen LogP contribution in [0, 0.1) is 5.41 Å². The molecule has 3 aromatic rings. The molecule has 0 spiro atoms. The highest BCUT2D eigenvalue weighted by molar-refractivity contribution is 5.93. The Morgan fingerprint density at radius 2 is 1.71 bits per heavy atom. The molecular formula is C27H35F5N6O3. The van der Waals surface area contributed by atoms with Gasteiger partial charge in [0.05, 0.1) is 23.0 Å². The van der Waals surface area contributed by atoms with Crippen molar-refractivity contribution in [2.24, 2.45) is 5.41 Å². The Morgan fingerprint density at radius 3 is 2.27 bits per heavy atom. The van der Waals surface area contributed by atoms with Crippen LogP contribution in [0.25, 0.3) is 11.0 Å². The van der Waals surface area contributed by atoms with E-state index in [2.05, 4.69) is 30.9 Å². The standard InChI is InChI=1S/C19H20F2N6O3.C5H9F3.C3H6/c20-14(21)5-6-16(28)22-8-10-1-4-12-13(7-10)25-15(24-12)9-23-19(29)18-17(11-2-3-11)26-30-27-18;1-4(2,3)5(6,7)8;1-2-3-1/h1,4,7,11,14H,2-3,5-6,8-9H2,(H,22,28)(H,23,29)(H,24,25);1-3H3;1-3H2. The maximum Gasteiger partial charge on any atom is 0.393 e. The molecule has 2 amide bonds. The lowest BCUT2D eigenvalue weighted by molar-refractivity contribution is -0.204. The first-order valence-corrected chi connectivity index (χ1v) is 13.4. The number of fused-ring (bicyclic) bond motifs is 1. The number of benzene rings is 1. The molecule has 2 fully saturated rings. The van der Waals surface area contributed by atoms with Crippen LogP contribution in [0.5, 0.6) is 0 Å². The zero-order chi connectivity index (χ0) is 30.2. The summed E-state index contributed by atoms with van der Waals surface area (Å²) in [7, 11) is 0. The van der Waals surface area contributed by atoms with Crippen molar-refractivity contribution < 1.29 is 36.2 Å². The second-order valence-corrected chi connectivity index (χ2v) is 11.0. The minimum absolute atomic E-state index is 0.171. The molecule has 0 atom stereocenters. The van der Waals surface area contributed by atoms with E-state index in [9.17, 15) is 31.5 Å². The van der Waals surface area contributed by atoms with Crippen molar-refractivity contribution in [2.75, 3.05) is 0 Å². The number of hydrogen-bond donors (Lipinski definition) is 3. The van der Waals surface area contributed by atoms with Crippen molar-refractivity contribution in [2.45, 2.75) is 97.3 Å². The largest absolute Gasteiger partial charge is 0.393 e. The van der Waals surface area contributed by atoms with Gasteiger partial charge in [0, 0.05) is 25.3 Å². The van der Waals surface area contributed by atoms with Gasteiger partial charge in [-0.3, -0.25) is 9.59 Å². The smallest absolute Gasteiger partial charge is 0.352 e. The fourth-order valence-corrected chi connectivity index (χ4v) is 3.06. The highest BCUT2D eigenvalue weighted by Gasteiger charge is 2.43. The number of rotatable bonds is 9. The quantitative estimate of drug-likeness (QED) is 0.257.